The molecule has 0 saturated heterocycles. The van der Waals surface area contributed by atoms with Crippen LogP contribution in [-0.2, 0) is 5.75 Å². The molecule has 2 aromatic heterocycles. The van der Waals surface area contributed by atoms with E-state index in [-0.39, 0.29) is 0 Å². The molecule has 0 N–H and O–H groups in total. The Morgan fingerprint density at radius 3 is 2.55 bits per heavy atom. The molecular weight excluding hydrogens is 292 g/mol. The van der Waals surface area contributed by atoms with E-state index in [0.717, 1.165) is 28.1 Å². The van der Waals surface area contributed by atoms with Gasteiger partial charge >= 0.3 is 0 Å². The molecule has 2 heterocycles. The molecule has 0 aliphatic heterocycles. The highest BCUT2D eigenvalue weighted by atomic mass is 32.2. The van der Waals surface area contributed by atoms with Crippen LogP contribution in [0.2, 0.25) is 0 Å². The van der Waals surface area contributed by atoms with Crippen molar-refractivity contribution in [3.8, 4) is 5.69 Å². The van der Waals surface area contributed by atoms with Crippen molar-refractivity contribution in [1.29, 1.82) is 0 Å². The number of hydrogen-bond acceptors (Lipinski definition) is 4. The summed E-state index contributed by atoms with van der Waals surface area (Å²) in [6.07, 6.45) is 4.26. The molecule has 4 nitrogen and oxygen atoms in total. The van der Waals surface area contributed by atoms with E-state index < -0.39 is 0 Å². The largest absolute Gasteiger partial charge is 0.274 e. The second kappa shape index (κ2) is 5.93. The molecular formula is C17H16N4S. The van der Waals surface area contributed by atoms with Crippen molar-refractivity contribution in [3.05, 3.63) is 66.2 Å². The van der Waals surface area contributed by atoms with Crippen molar-refractivity contribution in [3.63, 3.8) is 0 Å². The zero-order chi connectivity index (χ0) is 14.8. The number of rotatable bonds is 5. The first-order chi connectivity index (χ1) is 10.9. The van der Waals surface area contributed by atoms with Crippen LogP contribution in [0.1, 0.15) is 30.3 Å². The fourth-order valence-corrected chi connectivity index (χ4v) is 3.30. The smallest absolute Gasteiger partial charge is 0.196 e. The molecule has 1 saturated carbocycles. The summed E-state index contributed by atoms with van der Waals surface area (Å²) in [5.74, 6) is 2.46. The number of para-hydroxylation sites is 1. The van der Waals surface area contributed by atoms with Gasteiger partial charge in [0, 0.05) is 23.6 Å². The third kappa shape index (κ3) is 2.76. The van der Waals surface area contributed by atoms with Crippen molar-refractivity contribution in [1.82, 2.24) is 19.7 Å². The van der Waals surface area contributed by atoms with Gasteiger partial charge in [0.1, 0.15) is 5.82 Å². The van der Waals surface area contributed by atoms with Crippen LogP contribution in [-0.4, -0.2) is 19.7 Å². The van der Waals surface area contributed by atoms with Crippen molar-refractivity contribution in [2.75, 3.05) is 0 Å². The van der Waals surface area contributed by atoms with Crippen LogP contribution < -0.4 is 0 Å². The van der Waals surface area contributed by atoms with Gasteiger partial charge in [-0.25, -0.2) is 0 Å². The van der Waals surface area contributed by atoms with Crippen LogP contribution in [0.4, 0.5) is 0 Å². The molecule has 1 aromatic carbocycles. The molecule has 0 radical (unpaired) electrons. The van der Waals surface area contributed by atoms with Gasteiger partial charge in [0.15, 0.2) is 5.16 Å². The summed E-state index contributed by atoms with van der Waals surface area (Å²) < 4.78 is 2.20. The molecule has 0 amide bonds. The summed E-state index contributed by atoms with van der Waals surface area (Å²) >= 11 is 1.69. The van der Waals surface area contributed by atoms with Gasteiger partial charge in [0.2, 0.25) is 0 Å². The third-order valence-corrected chi connectivity index (χ3v) is 4.65. The van der Waals surface area contributed by atoms with E-state index in [2.05, 4.69) is 44.0 Å². The zero-order valence-corrected chi connectivity index (χ0v) is 12.9. The first kappa shape index (κ1) is 13.5. The highest BCUT2D eigenvalue weighted by molar-refractivity contribution is 7.98. The molecule has 4 rings (SSSR count). The summed E-state index contributed by atoms with van der Waals surface area (Å²) in [6.45, 7) is 0. The lowest BCUT2D eigenvalue weighted by Gasteiger charge is -2.09. The fourth-order valence-electron chi connectivity index (χ4n) is 2.42. The number of thioether (sulfide) groups is 1. The summed E-state index contributed by atoms with van der Waals surface area (Å²) in [7, 11) is 0. The second-order valence-corrected chi connectivity index (χ2v) is 6.34. The van der Waals surface area contributed by atoms with E-state index in [1.165, 1.54) is 12.8 Å². The Balaban J connectivity index is 1.65. The first-order valence-corrected chi connectivity index (χ1v) is 8.44. The maximum Gasteiger partial charge on any atom is 0.196 e. The number of benzene rings is 1. The van der Waals surface area contributed by atoms with E-state index in [9.17, 15) is 0 Å². The zero-order valence-electron chi connectivity index (χ0n) is 12.1. The number of aromatic nitrogens is 4. The molecule has 110 valence electrons. The minimum Gasteiger partial charge on any atom is -0.274 e. The molecule has 1 aliphatic carbocycles. The lowest BCUT2D eigenvalue weighted by molar-refractivity contribution is 0.829. The molecule has 22 heavy (non-hydrogen) atoms. The SMILES string of the molecule is c1ccc(-n2c(SCc3ccccn3)nnc2C2CC2)cc1. The van der Waals surface area contributed by atoms with Crippen molar-refractivity contribution < 1.29 is 0 Å². The Hall–Kier alpha value is -2.14. The molecule has 1 aliphatic rings. The standard InChI is InChI=1S/C17H16N4S/c1-2-7-15(8-3-1)21-16(13-9-10-13)19-20-17(21)22-12-14-6-4-5-11-18-14/h1-8,11,13H,9-10,12H2. The van der Waals surface area contributed by atoms with Crippen LogP contribution in [0.3, 0.4) is 0 Å². The number of hydrogen-bond donors (Lipinski definition) is 0. The Labute approximate surface area is 133 Å². The van der Waals surface area contributed by atoms with Gasteiger partial charge < -0.3 is 0 Å². The normalized spacial score (nSPS) is 14.2. The van der Waals surface area contributed by atoms with Crippen LogP contribution in [0, 0.1) is 0 Å². The Morgan fingerprint density at radius 1 is 1.00 bits per heavy atom. The predicted octanol–water partition coefficient (Wildman–Crippen LogP) is 3.83. The minimum absolute atomic E-state index is 0.567. The van der Waals surface area contributed by atoms with E-state index in [1.807, 2.05) is 30.5 Å². The van der Waals surface area contributed by atoms with Crippen molar-refractivity contribution in [2.45, 2.75) is 29.7 Å². The van der Waals surface area contributed by atoms with Gasteiger partial charge in [-0.3, -0.25) is 9.55 Å². The van der Waals surface area contributed by atoms with E-state index in [1.54, 1.807) is 11.8 Å². The van der Waals surface area contributed by atoms with Gasteiger partial charge in [-0.2, -0.15) is 0 Å². The predicted molar refractivity (Wildman–Crippen MR) is 87.1 cm³/mol. The highest BCUT2D eigenvalue weighted by Crippen LogP contribution is 2.41. The fraction of sp³-hybridized carbons (Fsp3) is 0.235. The van der Waals surface area contributed by atoms with Crippen LogP contribution in [0.5, 0.6) is 0 Å². The lowest BCUT2D eigenvalue weighted by Crippen LogP contribution is -2.01. The highest BCUT2D eigenvalue weighted by Gasteiger charge is 2.30. The monoisotopic (exact) mass is 308 g/mol. The van der Waals surface area contributed by atoms with Crippen LogP contribution in [0.15, 0.2) is 59.9 Å². The lowest BCUT2D eigenvalue weighted by atomic mass is 10.3. The van der Waals surface area contributed by atoms with Gasteiger partial charge in [-0.15, -0.1) is 10.2 Å². The van der Waals surface area contributed by atoms with Gasteiger partial charge in [-0.1, -0.05) is 36.0 Å². The Kier molecular flexibility index (Phi) is 3.64. The quantitative estimate of drug-likeness (QED) is 0.672. The van der Waals surface area contributed by atoms with E-state index in [0.29, 0.717) is 5.92 Å². The average Bonchev–Trinajstić information content (AvgIpc) is 3.34. The Morgan fingerprint density at radius 2 is 1.82 bits per heavy atom. The molecule has 0 bridgehead atoms. The summed E-state index contributed by atoms with van der Waals surface area (Å²) in [5.41, 5.74) is 2.20. The third-order valence-electron chi connectivity index (χ3n) is 3.69. The first-order valence-electron chi connectivity index (χ1n) is 7.45. The topological polar surface area (TPSA) is 43.6 Å². The maximum atomic E-state index is 4.44. The minimum atomic E-state index is 0.567. The molecule has 0 atom stereocenters. The van der Waals surface area contributed by atoms with Crippen LogP contribution in [0.25, 0.3) is 5.69 Å². The molecule has 0 unspecified atom stereocenters. The average molecular weight is 308 g/mol. The van der Waals surface area contributed by atoms with E-state index in [4.69, 9.17) is 0 Å². The maximum absolute atomic E-state index is 4.44. The number of nitrogens with zero attached hydrogens (tertiary/aromatic N) is 4. The molecule has 5 heteroatoms. The van der Waals surface area contributed by atoms with E-state index >= 15 is 0 Å². The van der Waals surface area contributed by atoms with Crippen LogP contribution >= 0.6 is 11.8 Å². The summed E-state index contributed by atoms with van der Waals surface area (Å²) in [5, 5.41) is 9.80. The Bertz CT molecular complexity index is 751. The number of pyridine rings is 1. The summed E-state index contributed by atoms with van der Waals surface area (Å²) in [6, 6.07) is 16.4. The summed E-state index contributed by atoms with van der Waals surface area (Å²) in [4.78, 5) is 4.37. The van der Waals surface area contributed by atoms with Gasteiger partial charge in [-0.05, 0) is 37.1 Å². The van der Waals surface area contributed by atoms with Crippen molar-refractivity contribution >= 4 is 11.8 Å². The van der Waals surface area contributed by atoms with Crippen molar-refractivity contribution in [2.24, 2.45) is 0 Å². The molecule has 3 aromatic rings. The molecule has 0 spiro atoms. The van der Waals surface area contributed by atoms with Gasteiger partial charge in [0.05, 0.1) is 5.69 Å². The second-order valence-electron chi connectivity index (χ2n) is 5.40. The van der Waals surface area contributed by atoms with Gasteiger partial charge in [0.25, 0.3) is 0 Å². The molecule has 1 fully saturated rings.